The number of benzene rings is 1. The zero-order valence-corrected chi connectivity index (χ0v) is 14.0. The van der Waals surface area contributed by atoms with Crippen molar-refractivity contribution < 1.29 is 18.9 Å². The molecule has 5 nitrogen and oxygen atoms in total. The van der Waals surface area contributed by atoms with Gasteiger partial charge in [0.15, 0.2) is 11.5 Å². The van der Waals surface area contributed by atoms with Gasteiger partial charge in [0.2, 0.25) is 0 Å². The largest absolute Gasteiger partial charge is 0.493 e. The summed E-state index contributed by atoms with van der Waals surface area (Å²) in [5, 5.41) is 3.37. The van der Waals surface area contributed by atoms with E-state index in [4.69, 9.17) is 18.9 Å². The summed E-state index contributed by atoms with van der Waals surface area (Å²) in [6, 6.07) is 4.03. The third kappa shape index (κ3) is 6.13. The van der Waals surface area contributed by atoms with E-state index in [0.29, 0.717) is 19.8 Å². The number of nitrogens with one attached hydrogen (secondary N) is 1. The van der Waals surface area contributed by atoms with Crippen molar-refractivity contribution in [2.45, 2.75) is 11.4 Å². The highest BCUT2D eigenvalue weighted by atomic mass is 32.2. The van der Waals surface area contributed by atoms with Gasteiger partial charge in [0.05, 0.1) is 34.0 Å². The molecule has 0 amide bonds. The molecule has 0 radical (unpaired) electrons. The van der Waals surface area contributed by atoms with Crippen molar-refractivity contribution in [3.8, 4) is 11.5 Å². The lowest BCUT2D eigenvalue weighted by Gasteiger charge is -2.14. The van der Waals surface area contributed by atoms with Crippen molar-refractivity contribution in [3.63, 3.8) is 0 Å². The van der Waals surface area contributed by atoms with E-state index in [1.165, 1.54) is 10.5 Å². The number of hydrogen-bond acceptors (Lipinski definition) is 6. The molecule has 6 heteroatoms. The van der Waals surface area contributed by atoms with Gasteiger partial charge in [-0.25, -0.2) is 0 Å². The Morgan fingerprint density at radius 1 is 1.00 bits per heavy atom. The first-order chi connectivity index (χ1) is 10.3. The summed E-state index contributed by atoms with van der Waals surface area (Å²) in [4.78, 5) is 1.18. The highest BCUT2D eigenvalue weighted by Gasteiger charge is 2.10. The molecular formula is C15H25NO4S. The van der Waals surface area contributed by atoms with E-state index in [0.717, 1.165) is 24.6 Å². The first-order valence-electron chi connectivity index (χ1n) is 6.83. The number of methoxy groups -OCH3 is 3. The maximum absolute atomic E-state index is 5.41. The van der Waals surface area contributed by atoms with Gasteiger partial charge in [0.25, 0.3) is 0 Å². The predicted octanol–water partition coefficient (Wildman–Crippen LogP) is 2.18. The normalized spacial score (nSPS) is 10.7. The van der Waals surface area contributed by atoms with Crippen molar-refractivity contribution in [1.82, 2.24) is 5.32 Å². The lowest BCUT2D eigenvalue weighted by molar-refractivity contribution is 0.0719. The number of thioether (sulfide) groups is 1. The van der Waals surface area contributed by atoms with Crippen LogP contribution < -0.4 is 14.8 Å². The van der Waals surface area contributed by atoms with Gasteiger partial charge in [0.1, 0.15) is 0 Å². The summed E-state index contributed by atoms with van der Waals surface area (Å²) in [5.41, 5.74) is 1.19. The lowest BCUT2D eigenvalue weighted by Crippen LogP contribution is -2.20. The molecule has 0 aliphatic rings. The van der Waals surface area contributed by atoms with Crippen molar-refractivity contribution in [2.75, 3.05) is 54.0 Å². The topological polar surface area (TPSA) is 49.0 Å². The third-order valence-corrected chi connectivity index (χ3v) is 3.78. The Kier molecular flexibility index (Phi) is 9.25. The van der Waals surface area contributed by atoms with Crippen LogP contribution in [0.4, 0.5) is 0 Å². The molecule has 1 N–H and O–H groups in total. The second-order valence-electron chi connectivity index (χ2n) is 4.30. The Balaban J connectivity index is 2.49. The second kappa shape index (κ2) is 10.7. The molecule has 1 aromatic carbocycles. The summed E-state index contributed by atoms with van der Waals surface area (Å²) >= 11 is 1.70. The Labute approximate surface area is 131 Å². The van der Waals surface area contributed by atoms with Gasteiger partial charge in [-0.1, -0.05) is 0 Å². The summed E-state index contributed by atoms with van der Waals surface area (Å²) in [6.45, 7) is 3.50. The Hall–Kier alpha value is -0.950. The smallest absolute Gasteiger partial charge is 0.161 e. The molecule has 0 bridgehead atoms. The van der Waals surface area contributed by atoms with Gasteiger partial charge >= 0.3 is 0 Å². The molecule has 0 heterocycles. The third-order valence-electron chi connectivity index (χ3n) is 2.96. The quantitative estimate of drug-likeness (QED) is 0.499. The molecular weight excluding hydrogens is 290 g/mol. The van der Waals surface area contributed by atoms with E-state index in [1.807, 2.05) is 12.1 Å². The van der Waals surface area contributed by atoms with Crippen molar-refractivity contribution in [2.24, 2.45) is 0 Å². The lowest BCUT2D eigenvalue weighted by atomic mass is 10.2. The minimum atomic E-state index is 0.630. The number of rotatable bonds is 11. The van der Waals surface area contributed by atoms with Crippen LogP contribution in [0.25, 0.3) is 0 Å². The molecule has 0 fully saturated rings. The van der Waals surface area contributed by atoms with Crippen LogP contribution in [0.15, 0.2) is 17.0 Å². The zero-order chi connectivity index (χ0) is 15.5. The number of ether oxygens (including phenoxy) is 4. The number of hydrogen-bond donors (Lipinski definition) is 1. The molecule has 0 aliphatic heterocycles. The molecule has 1 rings (SSSR count). The van der Waals surface area contributed by atoms with Crippen molar-refractivity contribution in [3.05, 3.63) is 17.7 Å². The van der Waals surface area contributed by atoms with Crippen LogP contribution in [-0.2, 0) is 16.0 Å². The average molecular weight is 315 g/mol. The molecule has 120 valence electrons. The standard InChI is InChI=1S/C15H25NO4S/c1-17-7-8-20-6-5-16-11-12-9-13(18-2)14(19-3)10-15(12)21-4/h9-10,16H,5-8,11H2,1-4H3. The van der Waals surface area contributed by atoms with Gasteiger partial charge in [-0.15, -0.1) is 11.8 Å². The highest BCUT2D eigenvalue weighted by molar-refractivity contribution is 7.98. The minimum absolute atomic E-state index is 0.630. The van der Waals surface area contributed by atoms with Crippen LogP contribution in [0, 0.1) is 0 Å². The fourth-order valence-electron chi connectivity index (χ4n) is 1.84. The van der Waals surface area contributed by atoms with Crippen LogP contribution in [-0.4, -0.2) is 54.0 Å². The Bertz CT molecular complexity index is 415. The van der Waals surface area contributed by atoms with Gasteiger partial charge < -0.3 is 24.3 Å². The van der Waals surface area contributed by atoms with Gasteiger partial charge in [0, 0.05) is 25.1 Å². The first kappa shape index (κ1) is 18.1. The van der Waals surface area contributed by atoms with Gasteiger partial charge in [-0.05, 0) is 24.0 Å². The second-order valence-corrected chi connectivity index (χ2v) is 5.15. The van der Waals surface area contributed by atoms with Crippen molar-refractivity contribution >= 4 is 11.8 Å². The van der Waals surface area contributed by atoms with Crippen LogP contribution in [0.3, 0.4) is 0 Å². The van der Waals surface area contributed by atoms with E-state index in [9.17, 15) is 0 Å². The molecule has 0 saturated carbocycles. The summed E-state index contributed by atoms with van der Waals surface area (Å²) in [7, 11) is 4.97. The highest BCUT2D eigenvalue weighted by Crippen LogP contribution is 2.34. The molecule has 0 aromatic heterocycles. The molecule has 0 saturated heterocycles. The van der Waals surface area contributed by atoms with E-state index in [2.05, 4.69) is 11.6 Å². The molecule has 21 heavy (non-hydrogen) atoms. The molecule has 1 aromatic rings. The molecule has 0 unspecified atom stereocenters. The van der Waals surface area contributed by atoms with Crippen molar-refractivity contribution in [1.29, 1.82) is 0 Å². The van der Waals surface area contributed by atoms with Gasteiger partial charge in [-0.2, -0.15) is 0 Å². The van der Waals surface area contributed by atoms with Crippen LogP contribution >= 0.6 is 11.8 Å². The predicted molar refractivity (Wildman–Crippen MR) is 85.7 cm³/mol. The van der Waals surface area contributed by atoms with E-state index in [-0.39, 0.29) is 0 Å². The zero-order valence-electron chi connectivity index (χ0n) is 13.2. The maximum Gasteiger partial charge on any atom is 0.161 e. The first-order valence-corrected chi connectivity index (χ1v) is 8.05. The molecule has 0 atom stereocenters. The summed E-state index contributed by atoms with van der Waals surface area (Å²) < 4.78 is 21.0. The summed E-state index contributed by atoms with van der Waals surface area (Å²) in [6.07, 6.45) is 2.05. The minimum Gasteiger partial charge on any atom is -0.493 e. The average Bonchev–Trinajstić information content (AvgIpc) is 2.53. The van der Waals surface area contributed by atoms with Crippen LogP contribution in [0.2, 0.25) is 0 Å². The monoisotopic (exact) mass is 315 g/mol. The van der Waals surface area contributed by atoms with E-state index < -0.39 is 0 Å². The fraction of sp³-hybridized carbons (Fsp3) is 0.600. The van der Waals surface area contributed by atoms with E-state index >= 15 is 0 Å². The Morgan fingerprint density at radius 2 is 1.71 bits per heavy atom. The molecule has 0 aliphatic carbocycles. The SMILES string of the molecule is COCCOCCNCc1cc(OC)c(OC)cc1SC. The van der Waals surface area contributed by atoms with Gasteiger partial charge in [-0.3, -0.25) is 0 Å². The fourth-order valence-corrected chi connectivity index (χ4v) is 2.46. The van der Waals surface area contributed by atoms with Crippen LogP contribution in [0.5, 0.6) is 11.5 Å². The Morgan fingerprint density at radius 3 is 2.33 bits per heavy atom. The summed E-state index contributed by atoms with van der Waals surface area (Å²) in [5.74, 6) is 1.51. The maximum atomic E-state index is 5.41. The van der Waals surface area contributed by atoms with Crippen LogP contribution in [0.1, 0.15) is 5.56 Å². The molecule has 0 spiro atoms. The van der Waals surface area contributed by atoms with E-state index in [1.54, 1.807) is 33.1 Å².